The van der Waals surface area contributed by atoms with E-state index in [1.807, 2.05) is 0 Å². The molecule has 0 spiro atoms. The zero-order chi connectivity index (χ0) is 25.4. The van der Waals surface area contributed by atoms with Crippen LogP contribution in [0.3, 0.4) is 0 Å². The average Bonchev–Trinajstić information content (AvgIpc) is 2.30. The molecule has 0 fully saturated rings. The van der Waals surface area contributed by atoms with Crippen molar-refractivity contribution in [3.05, 3.63) is 0 Å². The molecule has 0 aliphatic rings. The van der Waals surface area contributed by atoms with Gasteiger partial charge in [-0.2, -0.15) is 52.7 Å². The van der Waals surface area contributed by atoms with Gasteiger partial charge < -0.3 is 0 Å². The number of halogens is 12. The number of rotatable bonds is 4. The van der Waals surface area contributed by atoms with Crippen molar-refractivity contribution in [1.29, 1.82) is 0 Å². The number of nitrogens with one attached hydrogen (secondary N) is 2. The van der Waals surface area contributed by atoms with Crippen LogP contribution < -0.4 is 8.25 Å². The molecule has 189 valence electrons. The Labute approximate surface area is 182 Å². The van der Waals surface area contributed by atoms with Gasteiger partial charge in [-0.25, -0.2) is 33.7 Å². The maximum atomic E-state index is 11.5. The Balaban J connectivity index is -0.000000490. The molecule has 0 aromatic heterocycles. The molecule has 0 saturated heterocycles. The molecule has 0 atom stereocenters. The molecule has 0 aliphatic carbocycles. The Morgan fingerprint density at radius 1 is 0.355 bits per heavy atom. The summed E-state index contributed by atoms with van der Waals surface area (Å²) in [6, 6.07) is 0. The zero-order valence-electron chi connectivity index (χ0n) is 12.9. The Morgan fingerprint density at radius 3 is 0.516 bits per heavy atom. The van der Waals surface area contributed by atoms with Gasteiger partial charge in [-0.1, -0.05) is 8.25 Å². The number of sulfonamides is 4. The first kappa shape index (κ1) is 35.4. The van der Waals surface area contributed by atoms with Crippen LogP contribution in [0.25, 0.3) is 0 Å². The minimum atomic E-state index is -6.60. The van der Waals surface area contributed by atoms with Crippen LogP contribution in [0.15, 0.2) is 0 Å². The van der Waals surface area contributed by atoms with Gasteiger partial charge in [-0.05, 0) is 0 Å². The van der Waals surface area contributed by atoms with Gasteiger partial charge >= 0.3 is 62.1 Å². The van der Waals surface area contributed by atoms with Crippen LogP contribution in [0.1, 0.15) is 0 Å². The van der Waals surface area contributed by atoms with Crippen molar-refractivity contribution in [2.24, 2.45) is 0 Å². The third-order valence-electron chi connectivity index (χ3n) is 1.66. The predicted octanol–water partition coefficient (Wildman–Crippen LogP) is 0.170. The summed E-state index contributed by atoms with van der Waals surface area (Å²) >= 11 is 0. The number of alkyl halides is 12. The van der Waals surface area contributed by atoms with E-state index >= 15 is 0 Å². The molecular formula is C4H2BiF12N2O8S4. The van der Waals surface area contributed by atoms with E-state index in [2.05, 4.69) is 0 Å². The SMILES string of the molecule is O=S(=O)(NS(=O)(=O)C(F)(F)F)C(F)(F)F.O=S(=O)(NS(=O)(=O)C(F)(F)F)C(F)(F)F.[Bi]. The van der Waals surface area contributed by atoms with Crippen molar-refractivity contribution >= 4 is 66.3 Å². The average molecular weight is 771 g/mol. The topological polar surface area (TPSA) is 161 Å². The minimum absolute atomic E-state index is 0. The molecule has 0 heterocycles. The van der Waals surface area contributed by atoms with Crippen molar-refractivity contribution in [2.75, 3.05) is 0 Å². The molecule has 2 N–H and O–H groups in total. The monoisotopic (exact) mass is 771 g/mol. The van der Waals surface area contributed by atoms with Crippen LogP contribution in [0, 0.1) is 0 Å². The number of hydrogen-bond donors (Lipinski definition) is 2. The third-order valence-corrected chi connectivity index (χ3v) is 7.61. The van der Waals surface area contributed by atoms with Crippen molar-refractivity contribution in [2.45, 2.75) is 22.0 Å². The van der Waals surface area contributed by atoms with E-state index in [-0.39, 0.29) is 26.2 Å². The van der Waals surface area contributed by atoms with Gasteiger partial charge in [0.1, 0.15) is 0 Å². The molecule has 27 heteroatoms. The molecule has 0 aliphatic heterocycles. The molecule has 0 saturated carbocycles. The van der Waals surface area contributed by atoms with Gasteiger partial charge in [0.15, 0.2) is 0 Å². The van der Waals surface area contributed by atoms with E-state index in [1.165, 1.54) is 0 Å². The van der Waals surface area contributed by atoms with Crippen LogP contribution in [-0.4, -0.2) is 81.9 Å². The van der Waals surface area contributed by atoms with Crippen LogP contribution in [-0.2, 0) is 40.1 Å². The molecule has 0 aromatic carbocycles. The van der Waals surface area contributed by atoms with Crippen LogP contribution in [0.5, 0.6) is 0 Å². The largest absolute Gasteiger partial charge is 0.512 e. The first-order chi connectivity index (χ1) is 12.4. The molecule has 31 heavy (non-hydrogen) atoms. The summed E-state index contributed by atoms with van der Waals surface area (Å²) in [5.74, 6) is 0. The molecule has 3 radical (unpaired) electrons. The van der Waals surface area contributed by atoms with E-state index in [0.717, 1.165) is 0 Å². The Hall–Kier alpha value is -0.237. The van der Waals surface area contributed by atoms with E-state index in [9.17, 15) is 86.4 Å². The summed E-state index contributed by atoms with van der Waals surface area (Å²) in [4.78, 5) is 0. The second kappa shape index (κ2) is 9.94. The molecular weight excluding hydrogens is 769 g/mol. The van der Waals surface area contributed by atoms with Crippen molar-refractivity contribution in [1.82, 2.24) is 8.25 Å². The van der Waals surface area contributed by atoms with Gasteiger partial charge in [-0.3, -0.25) is 0 Å². The predicted molar refractivity (Wildman–Crippen MR) is 71.9 cm³/mol. The van der Waals surface area contributed by atoms with Crippen LogP contribution in [0.4, 0.5) is 52.7 Å². The van der Waals surface area contributed by atoms with Crippen molar-refractivity contribution < 1.29 is 86.4 Å². The minimum Gasteiger partial charge on any atom is -0.202 e. The Morgan fingerprint density at radius 2 is 0.452 bits per heavy atom. The maximum absolute atomic E-state index is 11.5. The molecule has 0 aromatic rings. The summed E-state index contributed by atoms with van der Waals surface area (Å²) in [5.41, 5.74) is -24.6. The van der Waals surface area contributed by atoms with E-state index in [0.29, 0.717) is 0 Å². The van der Waals surface area contributed by atoms with E-state index < -0.39 is 70.4 Å². The normalized spacial score (nSPS) is 14.8. The van der Waals surface area contributed by atoms with Gasteiger partial charge in [0.05, 0.1) is 0 Å². The van der Waals surface area contributed by atoms with Crippen molar-refractivity contribution in [3.63, 3.8) is 0 Å². The Kier molecular flexibility index (Phi) is 11.3. The molecule has 0 amide bonds. The second-order valence-corrected chi connectivity index (χ2v) is 11.2. The summed E-state index contributed by atoms with van der Waals surface area (Å²) < 4.78 is 217. The molecule has 10 nitrogen and oxygen atoms in total. The first-order valence-corrected chi connectivity index (χ1v) is 11.2. The standard InChI is InChI=1S/2C2HF6NO4S2.Bi/c2*3-1(4,5)14(10,11)9-15(12,13)2(6,7)8;/h2*9H;. The number of hydrogen-bond acceptors (Lipinski definition) is 8. The van der Waals surface area contributed by atoms with Gasteiger partial charge in [0.25, 0.3) is 0 Å². The summed E-state index contributed by atoms with van der Waals surface area (Å²) in [7, 11) is -26.4. The summed E-state index contributed by atoms with van der Waals surface area (Å²) in [6.45, 7) is 0. The third kappa shape index (κ3) is 10.1. The first-order valence-electron chi connectivity index (χ1n) is 5.23. The fourth-order valence-electron chi connectivity index (χ4n) is 0.478. The smallest absolute Gasteiger partial charge is 0.202 e. The van der Waals surface area contributed by atoms with Gasteiger partial charge in [-0.15, -0.1) is 0 Å². The van der Waals surface area contributed by atoms with Crippen molar-refractivity contribution in [3.8, 4) is 0 Å². The van der Waals surface area contributed by atoms with Gasteiger partial charge in [0.2, 0.25) is 0 Å². The summed E-state index contributed by atoms with van der Waals surface area (Å²) in [6.07, 6.45) is 0. The Bertz CT molecular complexity index is 862. The van der Waals surface area contributed by atoms with E-state index in [4.69, 9.17) is 0 Å². The molecule has 0 unspecified atom stereocenters. The van der Waals surface area contributed by atoms with Gasteiger partial charge in [0, 0.05) is 26.2 Å². The summed E-state index contributed by atoms with van der Waals surface area (Å²) in [5, 5.41) is 0. The molecule has 0 bridgehead atoms. The fraction of sp³-hybridized carbons (Fsp3) is 1.00. The molecule has 0 rings (SSSR count). The fourth-order valence-corrected chi connectivity index (χ4v) is 4.30. The van der Waals surface area contributed by atoms with Crippen LogP contribution in [0.2, 0.25) is 0 Å². The quantitative estimate of drug-likeness (QED) is 0.303. The van der Waals surface area contributed by atoms with E-state index in [1.54, 1.807) is 0 Å². The van der Waals surface area contributed by atoms with Crippen LogP contribution >= 0.6 is 0 Å². The maximum Gasteiger partial charge on any atom is 0.512 e. The second-order valence-electron chi connectivity index (χ2n) is 3.96. The zero-order valence-corrected chi connectivity index (χ0v) is 19.6.